The lowest BCUT2D eigenvalue weighted by atomic mass is 9.95. The summed E-state index contributed by atoms with van der Waals surface area (Å²) in [5.41, 5.74) is 3.75. The molecule has 1 N–H and O–H groups in total. The van der Waals surface area contributed by atoms with Crippen molar-refractivity contribution < 1.29 is 19.4 Å². The molecule has 35 heavy (non-hydrogen) atoms. The van der Waals surface area contributed by atoms with Gasteiger partial charge in [-0.15, -0.1) is 0 Å². The highest BCUT2D eigenvalue weighted by Crippen LogP contribution is 2.40. The van der Waals surface area contributed by atoms with Crippen LogP contribution < -0.4 is 9.47 Å². The maximum Gasteiger partial charge on any atom is 0.274 e. The van der Waals surface area contributed by atoms with Gasteiger partial charge in [0.25, 0.3) is 5.91 Å². The highest BCUT2D eigenvalue weighted by Gasteiger charge is 2.35. The summed E-state index contributed by atoms with van der Waals surface area (Å²) in [6, 6.07) is 24.2. The van der Waals surface area contributed by atoms with E-state index in [0.29, 0.717) is 34.8 Å². The molecule has 176 valence electrons. The molecule has 0 radical (unpaired) electrons. The number of aryl methyl sites for hydroxylation is 1. The summed E-state index contributed by atoms with van der Waals surface area (Å²) in [7, 11) is 3.17. The number of hydrogen-bond acceptors (Lipinski definition) is 5. The Bertz CT molecular complexity index is 1440. The molecule has 1 heterocycles. The van der Waals surface area contributed by atoms with Crippen LogP contribution in [0.15, 0.2) is 84.0 Å². The van der Waals surface area contributed by atoms with E-state index in [1.807, 2.05) is 85.8 Å². The van der Waals surface area contributed by atoms with Crippen molar-refractivity contribution in [2.75, 3.05) is 14.2 Å². The molecule has 0 fully saturated rings. The van der Waals surface area contributed by atoms with Crippen molar-refractivity contribution in [2.24, 2.45) is 5.10 Å². The smallest absolute Gasteiger partial charge is 0.274 e. The van der Waals surface area contributed by atoms with Gasteiger partial charge in [-0.05, 0) is 48.2 Å². The minimum Gasteiger partial charge on any atom is -0.507 e. The summed E-state index contributed by atoms with van der Waals surface area (Å²) < 4.78 is 10.9. The quantitative estimate of drug-likeness (QED) is 0.400. The van der Waals surface area contributed by atoms with Crippen LogP contribution in [0.4, 0.5) is 0 Å². The van der Waals surface area contributed by atoms with Crippen molar-refractivity contribution in [3.8, 4) is 17.2 Å². The number of methoxy groups -OCH3 is 2. The third-order valence-corrected chi connectivity index (χ3v) is 6.42. The molecule has 6 heteroatoms. The summed E-state index contributed by atoms with van der Waals surface area (Å²) in [5.74, 6) is 1.14. The summed E-state index contributed by atoms with van der Waals surface area (Å²) in [6.45, 7) is 1.98. The third-order valence-electron chi connectivity index (χ3n) is 6.42. The van der Waals surface area contributed by atoms with E-state index in [-0.39, 0.29) is 17.7 Å². The van der Waals surface area contributed by atoms with E-state index in [0.717, 1.165) is 21.9 Å². The molecule has 4 aromatic carbocycles. The largest absolute Gasteiger partial charge is 0.507 e. The SMILES string of the molecule is COc1ccc(C2CC(c3ccc4ccccc4c3O)=NN2C(=O)c2ccc(C)cc2)cc1OC. The predicted molar refractivity (Wildman–Crippen MR) is 136 cm³/mol. The van der Waals surface area contributed by atoms with Crippen molar-refractivity contribution in [1.82, 2.24) is 5.01 Å². The Balaban J connectivity index is 1.60. The van der Waals surface area contributed by atoms with Gasteiger partial charge in [0.1, 0.15) is 5.75 Å². The fourth-order valence-electron chi connectivity index (χ4n) is 4.50. The lowest BCUT2D eigenvalue weighted by Crippen LogP contribution is -2.27. The molecule has 6 nitrogen and oxygen atoms in total. The zero-order valence-electron chi connectivity index (χ0n) is 19.9. The number of fused-ring (bicyclic) bond motifs is 1. The maximum absolute atomic E-state index is 13.6. The Morgan fingerprint density at radius 3 is 2.43 bits per heavy atom. The Labute approximate surface area is 204 Å². The van der Waals surface area contributed by atoms with E-state index >= 15 is 0 Å². The number of benzene rings is 4. The van der Waals surface area contributed by atoms with Crippen LogP contribution in [0.1, 0.15) is 39.5 Å². The van der Waals surface area contributed by atoms with Crippen LogP contribution in [0, 0.1) is 6.92 Å². The molecule has 0 bridgehead atoms. The first kappa shape index (κ1) is 22.5. The van der Waals surface area contributed by atoms with E-state index < -0.39 is 0 Å². The number of rotatable bonds is 5. The first-order valence-electron chi connectivity index (χ1n) is 11.4. The molecule has 1 aliphatic rings. The highest BCUT2D eigenvalue weighted by atomic mass is 16.5. The second-order valence-electron chi connectivity index (χ2n) is 8.58. The molecule has 0 aromatic heterocycles. The zero-order chi connectivity index (χ0) is 24.5. The molecule has 0 aliphatic carbocycles. The second kappa shape index (κ2) is 9.14. The van der Waals surface area contributed by atoms with Crippen molar-refractivity contribution in [2.45, 2.75) is 19.4 Å². The number of carbonyl (C=O) groups excluding carboxylic acids is 1. The molecule has 0 spiro atoms. The van der Waals surface area contributed by atoms with Gasteiger partial charge < -0.3 is 14.6 Å². The van der Waals surface area contributed by atoms with Crippen LogP contribution >= 0.6 is 0 Å². The molecule has 1 atom stereocenters. The van der Waals surface area contributed by atoms with Crippen molar-refractivity contribution in [1.29, 1.82) is 0 Å². The number of amides is 1. The number of phenolic OH excluding ortho intramolecular Hbond substituents is 1. The minimum absolute atomic E-state index is 0.164. The lowest BCUT2D eigenvalue weighted by Gasteiger charge is -2.23. The van der Waals surface area contributed by atoms with Crippen LogP contribution in [0.2, 0.25) is 0 Å². The summed E-state index contributed by atoms with van der Waals surface area (Å²) in [6.07, 6.45) is 0.443. The van der Waals surface area contributed by atoms with Crippen LogP contribution in [0.3, 0.4) is 0 Å². The highest BCUT2D eigenvalue weighted by molar-refractivity contribution is 6.10. The molecular weight excluding hydrogens is 440 g/mol. The van der Waals surface area contributed by atoms with Crippen LogP contribution in [-0.4, -0.2) is 36.0 Å². The summed E-state index contributed by atoms with van der Waals surface area (Å²) in [4.78, 5) is 13.6. The molecule has 4 aromatic rings. The average Bonchev–Trinajstić information content (AvgIpc) is 3.34. The van der Waals surface area contributed by atoms with Gasteiger partial charge in [0.2, 0.25) is 0 Å². The van der Waals surface area contributed by atoms with Gasteiger partial charge in [-0.3, -0.25) is 4.79 Å². The number of carbonyl (C=O) groups is 1. The molecule has 1 unspecified atom stereocenters. The van der Waals surface area contributed by atoms with E-state index in [2.05, 4.69) is 0 Å². The monoisotopic (exact) mass is 466 g/mol. The zero-order valence-corrected chi connectivity index (χ0v) is 19.9. The van der Waals surface area contributed by atoms with Gasteiger partial charge in [0.15, 0.2) is 11.5 Å². The van der Waals surface area contributed by atoms with Crippen molar-refractivity contribution in [3.63, 3.8) is 0 Å². The van der Waals surface area contributed by atoms with Gasteiger partial charge in [-0.2, -0.15) is 5.10 Å². The van der Waals surface area contributed by atoms with Gasteiger partial charge >= 0.3 is 0 Å². The molecular formula is C29H26N2O4. The number of hydrazone groups is 1. The van der Waals surface area contributed by atoms with E-state index in [1.165, 1.54) is 5.01 Å². The fraction of sp³-hybridized carbons (Fsp3) is 0.172. The second-order valence-corrected chi connectivity index (χ2v) is 8.58. The normalized spacial score (nSPS) is 15.2. The Hall–Kier alpha value is -4.32. The van der Waals surface area contributed by atoms with Gasteiger partial charge in [0, 0.05) is 22.9 Å². The molecule has 0 saturated heterocycles. The van der Waals surface area contributed by atoms with Gasteiger partial charge in [0.05, 0.1) is 26.0 Å². The number of hydrogen-bond donors (Lipinski definition) is 1. The average molecular weight is 467 g/mol. The van der Waals surface area contributed by atoms with Crippen molar-refractivity contribution >= 4 is 22.4 Å². The van der Waals surface area contributed by atoms with Crippen LogP contribution in [0.5, 0.6) is 17.2 Å². The van der Waals surface area contributed by atoms with E-state index in [4.69, 9.17) is 14.6 Å². The fourth-order valence-corrected chi connectivity index (χ4v) is 4.50. The number of ether oxygens (including phenoxy) is 2. The summed E-state index contributed by atoms with van der Waals surface area (Å²) >= 11 is 0. The first-order valence-corrected chi connectivity index (χ1v) is 11.4. The number of phenols is 1. The minimum atomic E-state index is -0.371. The number of aromatic hydroxyl groups is 1. The number of nitrogens with zero attached hydrogens (tertiary/aromatic N) is 2. The Kier molecular flexibility index (Phi) is 5.87. The van der Waals surface area contributed by atoms with E-state index in [1.54, 1.807) is 14.2 Å². The molecule has 0 saturated carbocycles. The van der Waals surface area contributed by atoms with Gasteiger partial charge in [-0.25, -0.2) is 5.01 Å². The molecule has 5 rings (SSSR count). The predicted octanol–water partition coefficient (Wildman–Crippen LogP) is 5.86. The molecule has 1 amide bonds. The Morgan fingerprint density at radius 2 is 1.69 bits per heavy atom. The topological polar surface area (TPSA) is 71.4 Å². The van der Waals surface area contributed by atoms with Crippen LogP contribution in [0.25, 0.3) is 10.8 Å². The molecule has 1 aliphatic heterocycles. The maximum atomic E-state index is 13.6. The summed E-state index contributed by atoms with van der Waals surface area (Å²) in [5, 5.41) is 19.0. The van der Waals surface area contributed by atoms with Crippen LogP contribution in [-0.2, 0) is 0 Å². The third kappa shape index (κ3) is 4.08. The lowest BCUT2D eigenvalue weighted by molar-refractivity contribution is 0.0711. The Morgan fingerprint density at radius 1 is 0.943 bits per heavy atom. The first-order chi connectivity index (χ1) is 17.0. The van der Waals surface area contributed by atoms with Gasteiger partial charge in [-0.1, -0.05) is 54.1 Å². The van der Waals surface area contributed by atoms with E-state index in [9.17, 15) is 9.90 Å². The standard InChI is InChI=1S/C29H26N2O4/c1-18-8-10-20(11-9-18)29(33)31-25(21-13-15-26(34-2)27(16-21)35-3)17-24(30-31)23-14-12-19-6-4-5-7-22(19)28(23)32/h4-16,25,32H,17H2,1-3H3. The van der Waals surface area contributed by atoms with Crippen molar-refractivity contribution in [3.05, 3.63) is 101 Å².